The lowest BCUT2D eigenvalue weighted by Crippen LogP contribution is -2.44. The predicted octanol–water partition coefficient (Wildman–Crippen LogP) is 4.79. The van der Waals surface area contributed by atoms with Crippen LogP contribution in [0.4, 0.5) is 5.82 Å². The second-order valence-electron chi connectivity index (χ2n) is 7.49. The summed E-state index contributed by atoms with van der Waals surface area (Å²) < 4.78 is 6.48. The summed E-state index contributed by atoms with van der Waals surface area (Å²) >= 11 is 1.73. The number of thiophene rings is 1. The largest absolute Gasteiger partial charge is 0.497 e. The maximum Gasteiger partial charge on any atom is 0.225 e. The third-order valence-corrected chi connectivity index (χ3v) is 6.58. The van der Waals surface area contributed by atoms with Crippen LogP contribution in [0.15, 0.2) is 48.0 Å². The lowest BCUT2D eigenvalue weighted by Gasteiger charge is -2.34. The minimum Gasteiger partial charge on any atom is -0.497 e. The van der Waals surface area contributed by atoms with E-state index in [0.717, 1.165) is 42.9 Å². The molecule has 152 valence electrons. The summed E-state index contributed by atoms with van der Waals surface area (Å²) in [5, 5.41) is 6.55. The molecule has 3 aromatic rings. The van der Waals surface area contributed by atoms with Crippen molar-refractivity contribution in [2.75, 3.05) is 25.1 Å². The number of nitrogens with zero attached hydrogens (tertiary/aromatic N) is 2. The van der Waals surface area contributed by atoms with E-state index in [1.165, 1.54) is 10.1 Å². The molecule has 0 radical (unpaired) electrons. The number of aromatic nitrogens is 1. The number of nitrogens with one attached hydrogen (secondary N) is 1. The van der Waals surface area contributed by atoms with Crippen molar-refractivity contribution >= 4 is 33.1 Å². The summed E-state index contributed by atoms with van der Waals surface area (Å²) in [7, 11) is 1.66. The molecule has 1 fully saturated rings. The van der Waals surface area contributed by atoms with Gasteiger partial charge in [0.2, 0.25) is 5.91 Å². The molecule has 0 saturated carbocycles. The molecule has 1 saturated heterocycles. The Balaban J connectivity index is 1.46. The molecule has 1 amide bonds. The standard InChI is InChI=1S/C23H27N3O2S/c1-3-20(16-6-8-18(28-2)9-7-16)25-23(27)17-5-4-13-26(15-17)22-19-11-14-29-21(19)10-12-24-22/h6-12,14,17,20H,3-5,13,15H2,1-2H3,(H,25,27)/t17-,20-/m0/s1. The normalized spacial score (nSPS) is 17.9. The van der Waals surface area contributed by atoms with Crippen LogP contribution in [-0.2, 0) is 4.79 Å². The lowest BCUT2D eigenvalue weighted by atomic mass is 9.95. The number of amides is 1. The summed E-state index contributed by atoms with van der Waals surface area (Å²) in [5.74, 6) is 1.94. The first-order valence-electron chi connectivity index (χ1n) is 10.2. The SMILES string of the molecule is CC[C@H](NC(=O)[C@H]1CCCN(c2nccc3sccc23)C1)c1ccc(OC)cc1. The summed E-state index contributed by atoms with van der Waals surface area (Å²) in [6, 6.07) is 12.1. The topological polar surface area (TPSA) is 54.5 Å². The molecule has 29 heavy (non-hydrogen) atoms. The smallest absolute Gasteiger partial charge is 0.225 e. The molecule has 1 aliphatic rings. The minimum atomic E-state index is -0.0215. The number of rotatable bonds is 6. The van der Waals surface area contributed by atoms with Crippen molar-refractivity contribution in [3.63, 3.8) is 0 Å². The van der Waals surface area contributed by atoms with E-state index < -0.39 is 0 Å². The molecular formula is C23H27N3O2S. The Labute approximate surface area is 175 Å². The molecule has 0 unspecified atom stereocenters. The van der Waals surface area contributed by atoms with Gasteiger partial charge in [0, 0.05) is 29.4 Å². The fourth-order valence-electron chi connectivity index (χ4n) is 4.06. The van der Waals surface area contributed by atoms with Crippen molar-refractivity contribution in [1.82, 2.24) is 10.3 Å². The Bertz CT molecular complexity index is 970. The van der Waals surface area contributed by atoms with Gasteiger partial charge in [-0.15, -0.1) is 11.3 Å². The second kappa shape index (κ2) is 8.82. The van der Waals surface area contributed by atoms with Crippen LogP contribution < -0.4 is 15.0 Å². The van der Waals surface area contributed by atoms with Crippen molar-refractivity contribution in [2.45, 2.75) is 32.2 Å². The summed E-state index contributed by atoms with van der Waals surface area (Å²) in [4.78, 5) is 20.0. The van der Waals surface area contributed by atoms with Gasteiger partial charge in [-0.05, 0) is 54.5 Å². The molecule has 2 aromatic heterocycles. The van der Waals surface area contributed by atoms with Crippen molar-refractivity contribution in [1.29, 1.82) is 0 Å². The number of pyridine rings is 1. The molecule has 3 heterocycles. The quantitative estimate of drug-likeness (QED) is 0.636. The van der Waals surface area contributed by atoms with Crippen LogP contribution in [0, 0.1) is 5.92 Å². The highest BCUT2D eigenvalue weighted by atomic mass is 32.1. The van der Waals surface area contributed by atoms with E-state index in [0.29, 0.717) is 6.54 Å². The Morgan fingerprint density at radius 3 is 2.90 bits per heavy atom. The zero-order valence-electron chi connectivity index (χ0n) is 16.9. The number of hydrogen-bond donors (Lipinski definition) is 1. The molecule has 4 rings (SSSR count). The Kier molecular flexibility index (Phi) is 6.00. The van der Waals surface area contributed by atoms with Gasteiger partial charge in [-0.25, -0.2) is 4.98 Å². The van der Waals surface area contributed by atoms with Gasteiger partial charge >= 0.3 is 0 Å². The van der Waals surface area contributed by atoms with E-state index in [1.54, 1.807) is 18.4 Å². The van der Waals surface area contributed by atoms with Crippen LogP contribution in [-0.4, -0.2) is 31.1 Å². The number of hydrogen-bond acceptors (Lipinski definition) is 5. The molecule has 1 N–H and O–H groups in total. The zero-order chi connectivity index (χ0) is 20.2. The van der Waals surface area contributed by atoms with Crippen LogP contribution in [0.3, 0.4) is 0 Å². The highest BCUT2D eigenvalue weighted by molar-refractivity contribution is 7.17. The fourth-order valence-corrected chi connectivity index (χ4v) is 4.84. The van der Waals surface area contributed by atoms with Crippen molar-refractivity contribution < 1.29 is 9.53 Å². The van der Waals surface area contributed by atoms with Crippen molar-refractivity contribution in [3.8, 4) is 5.75 Å². The predicted molar refractivity (Wildman–Crippen MR) is 119 cm³/mol. The number of piperidine rings is 1. The first-order valence-corrected chi connectivity index (χ1v) is 11.1. The minimum absolute atomic E-state index is 0.0159. The molecule has 0 spiro atoms. The van der Waals surface area contributed by atoms with Gasteiger partial charge in [-0.1, -0.05) is 19.1 Å². The number of methoxy groups -OCH3 is 1. The molecule has 6 heteroatoms. The molecule has 0 aliphatic carbocycles. The Morgan fingerprint density at radius 1 is 1.31 bits per heavy atom. The maximum atomic E-state index is 13.1. The van der Waals surface area contributed by atoms with Crippen LogP contribution in [0.5, 0.6) is 5.75 Å². The Morgan fingerprint density at radius 2 is 2.14 bits per heavy atom. The van der Waals surface area contributed by atoms with Gasteiger partial charge < -0.3 is 15.0 Å². The van der Waals surface area contributed by atoms with Crippen LogP contribution in [0.2, 0.25) is 0 Å². The maximum absolute atomic E-state index is 13.1. The van der Waals surface area contributed by atoms with Crippen LogP contribution in [0.1, 0.15) is 37.8 Å². The van der Waals surface area contributed by atoms with Gasteiger partial charge in [0.15, 0.2) is 0 Å². The van der Waals surface area contributed by atoms with Gasteiger partial charge in [0.1, 0.15) is 11.6 Å². The first-order chi connectivity index (χ1) is 14.2. The molecule has 2 atom stereocenters. The van der Waals surface area contributed by atoms with E-state index in [1.807, 2.05) is 30.5 Å². The number of carbonyl (C=O) groups excluding carboxylic acids is 1. The van der Waals surface area contributed by atoms with Gasteiger partial charge in [0.25, 0.3) is 0 Å². The summed E-state index contributed by atoms with van der Waals surface area (Å²) in [6.07, 6.45) is 4.64. The molecule has 1 aliphatic heterocycles. The second-order valence-corrected chi connectivity index (χ2v) is 8.44. The van der Waals surface area contributed by atoms with Crippen LogP contribution >= 0.6 is 11.3 Å². The summed E-state index contributed by atoms with van der Waals surface area (Å²) in [5.41, 5.74) is 1.11. The fraction of sp³-hybridized carbons (Fsp3) is 0.391. The van der Waals surface area contributed by atoms with Gasteiger partial charge in [-0.3, -0.25) is 4.79 Å². The monoisotopic (exact) mass is 409 g/mol. The third kappa shape index (κ3) is 4.22. The van der Waals surface area contributed by atoms with E-state index in [4.69, 9.17) is 4.74 Å². The number of fused-ring (bicyclic) bond motifs is 1. The number of carbonyl (C=O) groups is 1. The van der Waals surface area contributed by atoms with Gasteiger partial charge in [0.05, 0.1) is 19.1 Å². The zero-order valence-corrected chi connectivity index (χ0v) is 17.7. The van der Waals surface area contributed by atoms with Gasteiger partial charge in [-0.2, -0.15) is 0 Å². The number of benzene rings is 1. The summed E-state index contributed by atoms with van der Waals surface area (Å²) in [6.45, 7) is 3.76. The molecule has 1 aromatic carbocycles. The van der Waals surface area contributed by atoms with Crippen molar-refractivity contribution in [2.24, 2.45) is 5.92 Å². The van der Waals surface area contributed by atoms with E-state index in [9.17, 15) is 4.79 Å². The molecule has 0 bridgehead atoms. The van der Waals surface area contributed by atoms with E-state index in [2.05, 4.69) is 39.6 Å². The van der Waals surface area contributed by atoms with E-state index >= 15 is 0 Å². The molecular weight excluding hydrogens is 382 g/mol. The van der Waals surface area contributed by atoms with E-state index in [-0.39, 0.29) is 17.9 Å². The molecule has 5 nitrogen and oxygen atoms in total. The third-order valence-electron chi connectivity index (χ3n) is 5.69. The first kappa shape index (κ1) is 19.7. The number of ether oxygens (including phenoxy) is 1. The highest BCUT2D eigenvalue weighted by Gasteiger charge is 2.28. The van der Waals surface area contributed by atoms with Crippen LogP contribution in [0.25, 0.3) is 10.1 Å². The Hall–Kier alpha value is -2.60. The highest BCUT2D eigenvalue weighted by Crippen LogP contribution is 2.31. The lowest BCUT2D eigenvalue weighted by molar-refractivity contribution is -0.126. The average Bonchev–Trinajstić information content (AvgIpc) is 3.26. The van der Waals surface area contributed by atoms with Crippen molar-refractivity contribution in [3.05, 3.63) is 53.5 Å². The number of anilines is 1. The average molecular weight is 410 g/mol.